The largest absolute Gasteiger partial charge is 0.332 e. The minimum Gasteiger partial charge on any atom is -0.332 e. The summed E-state index contributed by atoms with van der Waals surface area (Å²) in [4.78, 5) is 17.8. The van der Waals surface area contributed by atoms with Crippen molar-refractivity contribution in [3.63, 3.8) is 0 Å². The van der Waals surface area contributed by atoms with Crippen LogP contribution in [0.5, 0.6) is 0 Å². The number of benzene rings is 2. The van der Waals surface area contributed by atoms with E-state index < -0.39 is 9.84 Å². The lowest BCUT2D eigenvalue weighted by atomic mass is 10.1. The molecule has 0 aliphatic heterocycles. The normalized spacial score (nSPS) is 11.3. The van der Waals surface area contributed by atoms with Crippen molar-refractivity contribution in [1.29, 1.82) is 0 Å². The third-order valence-electron chi connectivity index (χ3n) is 3.57. The standard InChI is InChI=1S/C18H16N2O3S2/c1-12-17(24-18(19-12)20-14-6-4-3-5-7-14)16(21)13-8-10-15(11-9-13)25(2,22)23/h3-11H,1-2H3,(H,19,20). The molecule has 0 bridgehead atoms. The zero-order valence-corrected chi connectivity index (χ0v) is 15.3. The van der Waals surface area contributed by atoms with Crippen LogP contribution in [-0.2, 0) is 9.84 Å². The second-order valence-electron chi connectivity index (χ2n) is 5.55. The molecular formula is C18H16N2O3S2. The Kier molecular flexibility index (Phi) is 4.69. The average molecular weight is 372 g/mol. The fourth-order valence-corrected chi connectivity index (χ4v) is 3.87. The number of thiazole rings is 1. The summed E-state index contributed by atoms with van der Waals surface area (Å²) in [7, 11) is -3.28. The Labute approximate surface area is 150 Å². The van der Waals surface area contributed by atoms with Gasteiger partial charge in [-0.3, -0.25) is 4.79 Å². The molecule has 128 valence electrons. The van der Waals surface area contributed by atoms with Crippen molar-refractivity contribution >= 4 is 37.8 Å². The van der Waals surface area contributed by atoms with Crippen LogP contribution in [-0.4, -0.2) is 25.4 Å². The zero-order chi connectivity index (χ0) is 18.0. The summed E-state index contributed by atoms with van der Waals surface area (Å²) in [6.45, 7) is 1.78. The van der Waals surface area contributed by atoms with Gasteiger partial charge >= 0.3 is 0 Å². The number of nitrogens with one attached hydrogen (secondary N) is 1. The number of aromatic nitrogens is 1. The van der Waals surface area contributed by atoms with Gasteiger partial charge in [-0.05, 0) is 43.3 Å². The molecule has 0 aliphatic rings. The van der Waals surface area contributed by atoms with Crippen LogP contribution in [0.2, 0.25) is 0 Å². The van der Waals surface area contributed by atoms with Gasteiger partial charge in [0.15, 0.2) is 15.0 Å². The highest BCUT2D eigenvalue weighted by atomic mass is 32.2. The molecule has 0 spiro atoms. The van der Waals surface area contributed by atoms with E-state index in [0.717, 1.165) is 11.9 Å². The third-order valence-corrected chi connectivity index (χ3v) is 5.77. The van der Waals surface area contributed by atoms with Crippen molar-refractivity contribution in [2.24, 2.45) is 0 Å². The molecule has 0 saturated carbocycles. The van der Waals surface area contributed by atoms with Crippen LogP contribution in [0, 0.1) is 6.92 Å². The van der Waals surface area contributed by atoms with Crippen molar-refractivity contribution < 1.29 is 13.2 Å². The number of hydrogen-bond acceptors (Lipinski definition) is 6. The smallest absolute Gasteiger partial charge is 0.204 e. The first-order valence-electron chi connectivity index (χ1n) is 7.49. The van der Waals surface area contributed by atoms with Gasteiger partial charge in [0.25, 0.3) is 0 Å². The number of aryl methyl sites for hydroxylation is 1. The van der Waals surface area contributed by atoms with Gasteiger partial charge in [-0.15, -0.1) is 0 Å². The minimum atomic E-state index is -3.28. The van der Waals surface area contributed by atoms with E-state index >= 15 is 0 Å². The lowest BCUT2D eigenvalue weighted by Gasteiger charge is -2.02. The van der Waals surface area contributed by atoms with E-state index in [4.69, 9.17) is 0 Å². The Morgan fingerprint density at radius 3 is 2.28 bits per heavy atom. The molecule has 0 radical (unpaired) electrons. The number of carbonyl (C=O) groups is 1. The number of nitrogens with zero attached hydrogens (tertiary/aromatic N) is 1. The van der Waals surface area contributed by atoms with Gasteiger partial charge in [0.1, 0.15) is 0 Å². The Morgan fingerprint density at radius 2 is 1.68 bits per heavy atom. The summed E-state index contributed by atoms with van der Waals surface area (Å²) in [5.41, 5.74) is 1.97. The maximum absolute atomic E-state index is 12.7. The highest BCUT2D eigenvalue weighted by Crippen LogP contribution is 2.28. The van der Waals surface area contributed by atoms with E-state index in [-0.39, 0.29) is 10.7 Å². The second kappa shape index (κ2) is 6.78. The lowest BCUT2D eigenvalue weighted by molar-refractivity contribution is 0.104. The van der Waals surface area contributed by atoms with Crippen LogP contribution in [0.15, 0.2) is 59.5 Å². The summed E-state index contributed by atoms with van der Waals surface area (Å²) in [6, 6.07) is 15.5. The highest BCUT2D eigenvalue weighted by Gasteiger charge is 2.18. The zero-order valence-electron chi connectivity index (χ0n) is 13.7. The minimum absolute atomic E-state index is 0.170. The predicted octanol–water partition coefficient (Wildman–Crippen LogP) is 3.83. The van der Waals surface area contributed by atoms with Crippen LogP contribution >= 0.6 is 11.3 Å². The first kappa shape index (κ1) is 17.3. The predicted molar refractivity (Wildman–Crippen MR) is 99.6 cm³/mol. The van der Waals surface area contributed by atoms with Gasteiger partial charge in [0.05, 0.1) is 15.5 Å². The van der Waals surface area contributed by atoms with E-state index in [1.807, 2.05) is 30.3 Å². The molecule has 3 rings (SSSR count). The molecular weight excluding hydrogens is 356 g/mol. The molecule has 0 atom stereocenters. The summed E-state index contributed by atoms with van der Waals surface area (Å²) in [5, 5.41) is 3.82. The van der Waals surface area contributed by atoms with Gasteiger partial charge in [-0.1, -0.05) is 29.5 Å². The van der Waals surface area contributed by atoms with E-state index in [9.17, 15) is 13.2 Å². The van der Waals surface area contributed by atoms with Crippen LogP contribution < -0.4 is 5.32 Å². The van der Waals surface area contributed by atoms with Gasteiger partial charge in [-0.2, -0.15) is 0 Å². The van der Waals surface area contributed by atoms with Gasteiger partial charge in [0.2, 0.25) is 5.78 Å². The number of hydrogen-bond donors (Lipinski definition) is 1. The van der Waals surface area contributed by atoms with Crippen molar-refractivity contribution in [3.8, 4) is 0 Å². The van der Waals surface area contributed by atoms with Crippen molar-refractivity contribution in [2.45, 2.75) is 11.8 Å². The van der Waals surface area contributed by atoms with Gasteiger partial charge in [0, 0.05) is 17.5 Å². The Bertz CT molecular complexity index is 1010. The molecule has 25 heavy (non-hydrogen) atoms. The van der Waals surface area contributed by atoms with E-state index in [1.54, 1.807) is 6.92 Å². The summed E-state index contributed by atoms with van der Waals surface area (Å²) in [6.07, 6.45) is 1.14. The number of carbonyl (C=O) groups excluding carboxylic acids is 1. The van der Waals surface area contributed by atoms with Crippen molar-refractivity contribution in [1.82, 2.24) is 4.98 Å². The first-order valence-corrected chi connectivity index (χ1v) is 10.2. The van der Waals surface area contributed by atoms with Crippen molar-refractivity contribution in [2.75, 3.05) is 11.6 Å². The van der Waals surface area contributed by atoms with Crippen LogP contribution in [0.4, 0.5) is 10.8 Å². The highest BCUT2D eigenvalue weighted by molar-refractivity contribution is 7.90. The Hall–Kier alpha value is -2.51. The summed E-state index contributed by atoms with van der Waals surface area (Å²) < 4.78 is 23.0. The second-order valence-corrected chi connectivity index (χ2v) is 8.57. The number of ketones is 1. The van der Waals surface area contributed by atoms with Crippen molar-refractivity contribution in [3.05, 3.63) is 70.7 Å². The molecule has 2 aromatic carbocycles. The topological polar surface area (TPSA) is 76.1 Å². The van der Waals surface area contributed by atoms with Gasteiger partial charge in [-0.25, -0.2) is 13.4 Å². The van der Waals surface area contributed by atoms with Gasteiger partial charge < -0.3 is 5.32 Å². The fourth-order valence-electron chi connectivity index (χ4n) is 2.29. The maximum atomic E-state index is 12.7. The summed E-state index contributed by atoms with van der Waals surface area (Å²) >= 11 is 1.28. The molecule has 1 heterocycles. The molecule has 3 aromatic rings. The fraction of sp³-hybridized carbons (Fsp3) is 0.111. The molecule has 0 fully saturated rings. The lowest BCUT2D eigenvalue weighted by Crippen LogP contribution is -2.02. The number of para-hydroxylation sites is 1. The Morgan fingerprint density at radius 1 is 1.04 bits per heavy atom. The van der Waals surface area contributed by atoms with Crippen LogP contribution in [0.3, 0.4) is 0 Å². The summed E-state index contributed by atoms with van der Waals surface area (Å²) in [5.74, 6) is -0.170. The Balaban J connectivity index is 1.85. The molecule has 0 amide bonds. The maximum Gasteiger partial charge on any atom is 0.204 e. The third kappa shape index (κ3) is 3.94. The molecule has 0 aliphatic carbocycles. The van der Waals surface area contributed by atoms with Crippen LogP contribution in [0.25, 0.3) is 0 Å². The molecule has 7 heteroatoms. The van der Waals surface area contributed by atoms with E-state index in [2.05, 4.69) is 10.3 Å². The molecule has 0 saturated heterocycles. The monoisotopic (exact) mass is 372 g/mol. The van der Waals surface area contributed by atoms with Crippen LogP contribution in [0.1, 0.15) is 20.9 Å². The first-order chi connectivity index (χ1) is 11.8. The van der Waals surface area contributed by atoms with E-state index in [1.165, 1.54) is 35.6 Å². The molecule has 0 unspecified atom stereocenters. The molecule has 1 aromatic heterocycles. The SMILES string of the molecule is Cc1nc(Nc2ccccc2)sc1C(=O)c1ccc(S(C)(=O)=O)cc1. The molecule has 1 N–H and O–H groups in total. The number of rotatable bonds is 5. The molecule has 5 nitrogen and oxygen atoms in total. The number of sulfone groups is 1. The number of anilines is 2. The quantitative estimate of drug-likeness (QED) is 0.689. The van der Waals surface area contributed by atoms with E-state index in [0.29, 0.717) is 21.3 Å². The average Bonchev–Trinajstić information content (AvgIpc) is 2.95.